The number of nitrogen functional groups attached to an aromatic ring is 1. The molecule has 0 unspecified atom stereocenters. The highest BCUT2D eigenvalue weighted by Gasteiger charge is 2.20. The van der Waals surface area contributed by atoms with E-state index in [1.54, 1.807) is 18.2 Å². The average Bonchev–Trinajstić information content (AvgIpc) is 2.78. The van der Waals surface area contributed by atoms with Gasteiger partial charge in [-0.25, -0.2) is 4.79 Å². The highest BCUT2D eigenvalue weighted by atomic mass is 35.5. The van der Waals surface area contributed by atoms with Gasteiger partial charge in [0.1, 0.15) is 11.5 Å². The third-order valence-corrected chi connectivity index (χ3v) is 5.97. The zero-order valence-electron chi connectivity index (χ0n) is 17.4. The summed E-state index contributed by atoms with van der Waals surface area (Å²) in [6.07, 6.45) is 2.11. The maximum Gasteiger partial charge on any atom is 0.337 e. The summed E-state index contributed by atoms with van der Waals surface area (Å²) in [5.41, 5.74) is 9.17. The first-order chi connectivity index (χ1) is 15.4. The van der Waals surface area contributed by atoms with E-state index in [0.29, 0.717) is 23.1 Å². The summed E-state index contributed by atoms with van der Waals surface area (Å²) < 4.78 is 5.90. The SMILES string of the molecule is Nc1ccc(Oc2ccc3c(c2)C[C@@H](NC[C@H](O)c2cccc(Cl)c2)CC3)cc1C(=O)O. The normalized spacial score (nSPS) is 16.2. The Bertz CT molecular complexity index is 1130. The van der Waals surface area contributed by atoms with Crippen LogP contribution in [-0.2, 0) is 12.8 Å². The zero-order chi connectivity index (χ0) is 22.7. The second-order valence-corrected chi connectivity index (χ2v) is 8.44. The molecule has 7 heteroatoms. The van der Waals surface area contributed by atoms with E-state index in [1.165, 1.54) is 23.3 Å². The van der Waals surface area contributed by atoms with Gasteiger partial charge in [-0.3, -0.25) is 0 Å². The average molecular weight is 453 g/mol. The number of aliphatic hydroxyl groups is 1. The molecule has 0 spiro atoms. The number of hydrogen-bond donors (Lipinski definition) is 4. The molecule has 0 bridgehead atoms. The van der Waals surface area contributed by atoms with Gasteiger partial charge in [0.2, 0.25) is 0 Å². The van der Waals surface area contributed by atoms with Gasteiger partial charge in [0.05, 0.1) is 11.7 Å². The minimum absolute atomic E-state index is 0.0167. The molecule has 2 atom stereocenters. The molecule has 32 heavy (non-hydrogen) atoms. The first-order valence-corrected chi connectivity index (χ1v) is 10.9. The summed E-state index contributed by atoms with van der Waals surface area (Å²) in [5, 5.41) is 23.8. The van der Waals surface area contributed by atoms with Gasteiger partial charge in [-0.1, -0.05) is 29.8 Å². The lowest BCUT2D eigenvalue weighted by Crippen LogP contribution is -2.37. The topological polar surface area (TPSA) is 105 Å². The van der Waals surface area contributed by atoms with Crippen molar-refractivity contribution in [1.29, 1.82) is 0 Å². The highest BCUT2D eigenvalue weighted by molar-refractivity contribution is 6.30. The van der Waals surface area contributed by atoms with Crippen molar-refractivity contribution in [2.24, 2.45) is 0 Å². The van der Waals surface area contributed by atoms with Gasteiger partial charge in [-0.05, 0) is 78.4 Å². The number of fused-ring (bicyclic) bond motifs is 1. The third kappa shape index (κ3) is 5.22. The molecule has 0 aliphatic heterocycles. The Balaban J connectivity index is 1.41. The van der Waals surface area contributed by atoms with Gasteiger partial charge >= 0.3 is 5.97 Å². The summed E-state index contributed by atoms with van der Waals surface area (Å²) >= 11 is 6.02. The van der Waals surface area contributed by atoms with Crippen molar-refractivity contribution in [3.05, 3.63) is 87.9 Å². The van der Waals surface area contributed by atoms with Crippen molar-refractivity contribution < 1.29 is 19.7 Å². The summed E-state index contributed by atoms with van der Waals surface area (Å²) in [4.78, 5) is 11.3. The molecule has 6 nitrogen and oxygen atoms in total. The van der Waals surface area contributed by atoms with Crippen molar-refractivity contribution in [3.63, 3.8) is 0 Å². The van der Waals surface area contributed by atoms with Crippen LogP contribution in [0.3, 0.4) is 0 Å². The number of carboxylic acid groups (broad SMARTS) is 1. The fourth-order valence-corrected chi connectivity index (χ4v) is 4.20. The number of carboxylic acids is 1. The molecule has 0 saturated heterocycles. The Labute approximate surface area is 191 Å². The van der Waals surface area contributed by atoms with Crippen LogP contribution in [0.25, 0.3) is 0 Å². The summed E-state index contributed by atoms with van der Waals surface area (Å²) in [7, 11) is 0. The Kier molecular flexibility index (Phi) is 6.65. The van der Waals surface area contributed by atoms with E-state index in [4.69, 9.17) is 22.1 Å². The molecule has 5 N–H and O–H groups in total. The third-order valence-electron chi connectivity index (χ3n) is 5.73. The lowest BCUT2D eigenvalue weighted by molar-refractivity contribution is 0.0697. The van der Waals surface area contributed by atoms with Crippen LogP contribution in [-0.4, -0.2) is 28.8 Å². The molecule has 1 aliphatic rings. The first kappa shape index (κ1) is 22.1. The maximum absolute atomic E-state index is 11.3. The number of anilines is 1. The number of benzene rings is 3. The summed E-state index contributed by atoms with van der Waals surface area (Å²) in [6.45, 7) is 0.444. The number of rotatable bonds is 7. The molecular formula is C25H25ClN2O4. The Morgan fingerprint density at radius 2 is 1.91 bits per heavy atom. The second-order valence-electron chi connectivity index (χ2n) is 8.01. The second kappa shape index (κ2) is 9.61. The maximum atomic E-state index is 11.3. The van der Waals surface area contributed by atoms with Crippen molar-refractivity contribution in [3.8, 4) is 11.5 Å². The van der Waals surface area contributed by atoms with Crippen LogP contribution >= 0.6 is 11.6 Å². The Morgan fingerprint density at radius 3 is 2.69 bits per heavy atom. The summed E-state index contributed by atoms with van der Waals surface area (Å²) in [6, 6.07) is 18.1. The lowest BCUT2D eigenvalue weighted by atomic mass is 9.88. The van der Waals surface area contributed by atoms with Gasteiger partial charge in [-0.2, -0.15) is 0 Å². The van der Waals surface area contributed by atoms with Gasteiger partial charge < -0.3 is 26.0 Å². The van der Waals surface area contributed by atoms with E-state index in [9.17, 15) is 15.0 Å². The number of aliphatic hydroxyl groups excluding tert-OH is 1. The number of aromatic carboxylic acids is 1. The molecule has 0 fully saturated rings. The highest BCUT2D eigenvalue weighted by Crippen LogP contribution is 2.30. The number of nitrogens with two attached hydrogens (primary N) is 1. The van der Waals surface area contributed by atoms with Crippen molar-refractivity contribution in [1.82, 2.24) is 5.32 Å². The number of hydrogen-bond acceptors (Lipinski definition) is 5. The molecular weight excluding hydrogens is 428 g/mol. The molecule has 4 rings (SSSR count). The quantitative estimate of drug-likeness (QED) is 0.391. The predicted octanol–water partition coefficient (Wildman–Crippen LogP) is 4.59. The van der Waals surface area contributed by atoms with E-state index in [2.05, 4.69) is 11.4 Å². The van der Waals surface area contributed by atoms with E-state index >= 15 is 0 Å². The minimum atomic E-state index is -1.09. The van der Waals surface area contributed by atoms with E-state index in [0.717, 1.165) is 24.8 Å². The van der Waals surface area contributed by atoms with Crippen molar-refractivity contribution in [2.45, 2.75) is 31.4 Å². The molecule has 0 heterocycles. The van der Waals surface area contributed by atoms with Gasteiger partial charge in [0.25, 0.3) is 0 Å². The molecule has 0 aromatic heterocycles. The Hall–Kier alpha value is -3.06. The Morgan fingerprint density at radius 1 is 1.12 bits per heavy atom. The van der Waals surface area contributed by atoms with E-state index in [-0.39, 0.29) is 17.3 Å². The molecule has 0 amide bonds. The largest absolute Gasteiger partial charge is 0.478 e. The van der Waals surface area contributed by atoms with Crippen LogP contribution in [0.1, 0.15) is 39.6 Å². The van der Waals surface area contributed by atoms with Crippen LogP contribution in [0.15, 0.2) is 60.7 Å². The van der Waals surface area contributed by atoms with Crippen LogP contribution in [0.2, 0.25) is 5.02 Å². The fourth-order valence-electron chi connectivity index (χ4n) is 4.00. The van der Waals surface area contributed by atoms with Crippen LogP contribution in [0.4, 0.5) is 5.69 Å². The zero-order valence-corrected chi connectivity index (χ0v) is 18.2. The van der Waals surface area contributed by atoms with Gasteiger partial charge in [0.15, 0.2) is 0 Å². The smallest absolute Gasteiger partial charge is 0.337 e. The van der Waals surface area contributed by atoms with Crippen molar-refractivity contribution >= 4 is 23.3 Å². The molecule has 0 radical (unpaired) electrons. The lowest BCUT2D eigenvalue weighted by Gasteiger charge is -2.27. The molecule has 166 valence electrons. The number of aryl methyl sites for hydroxylation is 1. The fraction of sp³-hybridized carbons (Fsp3) is 0.240. The molecule has 0 saturated carbocycles. The number of ether oxygens (including phenoxy) is 1. The molecule has 1 aliphatic carbocycles. The van der Waals surface area contributed by atoms with Crippen molar-refractivity contribution in [2.75, 3.05) is 12.3 Å². The monoisotopic (exact) mass is 452 g/mol. The van der Waals surface area contributed by atoms with E-state index < -0.39 is 12.1 Å². The first-order valence-electron chi connectivity index (χ1n) is 10.5. The molecule has 3 aromatic carbocycles. The summed E-state index contributed by atoms with van der Waals surface area (Å²) in [5.74, 6) is -0.0246. The van der Waals surface area contributed by atoms with Crippen LogP contribution in [0.5, 0.6) is 11.5 Å². The van der Waals surface area contributed by atoms with Crippen LogP contribution < -0.4 is 15.8 Å². The number of halogens is 1. The number of nitrogens with one attached hydrogen (secondary N) is 1. The van der Waals surface area contributed by atoms with Gasteiger partial charge in [-0.15, -0.1) is 0 Å². The minimum Gasteiger partial charge on any atom is -0.478 e. The predicted molar refractivity (Wildman–Crippen MR) is 125 cm³/mol. The standard InChI is InChI=1S/C25H25ClN2O4/c26-18-3-1-2-16(10-18)24(29)14-28-19-6-4-15-5-7-20(12-17(15)11-19)32-21-8-9-23(27)22(13-21)25(30)31/h1-3,5,7-10,12-13,19,24,28-29H,4,6,11,14,27H2,(H,30,31)/t19-,24-/m0/s1. The molecule has 3 aromatic rings. The van der Waals surface area contributed by atoms with E-state index in [1.807, 2.05) is 24.3 Å². The number of carbonyl (C=O) groups is 1. The van der Waals surface area contributed by atoms with Gasteiger partial charge in [0, 0.05) is 23.3 Å². The van der Waals surface area contributed by atoms with Crippen LogP contribution in [0, 0.1) is 0 Å².